The van der Waals surface area contributed by atoms with Gasteiger partial charge in [0.15, 0.2) is 0 Å². The molecular weight excluding hydrogens is 316 g/mol. The molecule has 1 rings (SSSR count). The van der Waals surface area contributed by atoms with Gasteiger partial charge in [0.05, 0.1) is 24.6 Å². The van der Waals surface area contributed by atoms with E-state index < -0.39 is 21.8 Å². The second kappa shape index (κ2) is 7.11. The van der Waals surface area contributed by atoms with E-state index in [2.05, 4.69) is 5.32 Å². The van der Waals surface area contributed by atoms with E-state index in [1.165, 1.54) is 7.11 Å². The summed E-state index contributed by atoms with van der Waals surface area (Å²) < 4.78 is 27.3. The third-order valence-electron chi connectivity index (χ3n) is 2.88. The van der Waals surface area contributed by atoms with Gasteiger partial charge in [-0.05, 0) is 25.0 Å². The molecule has 1 aromatic rings. The number of rotatable bonds is 6. The van der Waals surface area contributed by atoms with Crippen molar-refractivity contribution in [2.24, 2.45) is 5.73 Å². The Balaban J connectivity index is 2.81. The first-order chi connectivity index (χ1) is 9.64. The number of sulfone groups is 1. The van der Waals surface area contributed by atoms with E-state index >= 15 is 0 Å². The lowest BCUT2D eigenvalue weighted by molar-refractivity contribution is -0.117. The average Bonchev–Trinajstić information content (AvgIpc) is 2.38. The zero-order valence-electron chi connectivity index (χ0n) is 12.1. The van der Waals surface area contributed by atoms with Crippen LogP contribution in [0.25, 0.3) is 0 Å². The number of benzene rings is 1. The van der Waals surface area contributed by atoms with Crippen LogP contribution in [-0.2, 0) is 14.6 Å². The van der Waals surface area contributed by atoms with Crippen LogP contribution in [0.1, 0.15) is 12.0 Å². The first-order valence-electron chi connectivity index (χ1n) is 6.22. The van der Waals surface area contributed by atoms with Gasteiger partial charge >= 0.3 is 0 Å². The van der Waals surface area contributed by atoms with Crippen molar-refractivity contribution in [1.82, 2.24) is 0 Å². The highest BCUT2D eigenvalue weighted by atomic mass is 35.5. The largest absolute Gasteiger partial charge is 0.495 e. The zero-order valence-corrected chi connectivity index (χ0v) is 13.7. The van der Waals surface area contributed by atoms with Crippen LogP contribution >= 0.6 is 11.6 Å². The minimum absolute atomic E-state index is 0.0551. The van der Waals surface area contributed by atoms with Gasteiger partial charge < -0.3 is 15.8 Å². The van der Waals surface area contributed by atoms with Crippen LogP contribution in [0.5, 0.6) is 5.75 Å². The number of nitrogens with two attached hydrogens (primary N) is 1. The number of ether oxygens (including phenoxy) is 1. The van der Waals surface area contributed by atoms with Crippen LogP contribution in [-0.4, -0.2) is 39.5 Å². The third kappa shape index (κ3) is 5.53. The lowest BCUT2D eigenvalue weighted by Crippen LogP contribution is -2.37. The van der Waals surface area contributed by atoms with Crippen molar-refractivity contribution in [3.05, 3.63) is 22.7 Å². The van der Waals surface area contributed by atoms with Crippen LogP contribution in [0.3, 0.4) is 0 Å². The van der Waals surface area contributed by atoms with Crippen LogP contribution in [0.2, 0.25) is 5.02 Å². The highest BCUT2D eigenvalue weighted by molar-refractivity contribution is 7.90. The topological polar surface area (TPSA) is 98.5 Å². The maximum Gasteiger partial charge on any atom is 0.241 e. The predicted molar refractivity (Wildman–Crippen MR) is 83.7 cm³/mol. The molecule has 118 valence electrons. The second-order valence-corrected chi connectivity index (χ2v) is 7.48. The molecule has 1 amide bonds. The minimum atomic E-state index is -3.15. The smallest absolute Gasteiger partial charge is 0.241 e. The Hall–Kier alpha value is -1.31. The van der Waals surface area contributed by atoms with Crippen molar-refractivity contribution in [3.63, 3.8) is 0 Å². The van der Waals surface area contributed by atoms with E-state index in [9.17, 15) is 13.2 Å². The molecule has 8 heteroatoms. The molecule has 0 radical (unpaired) electrons. The van der Waals surface area contributed by atoms with Crippen molar-refractivity contribution in [2.75, 3.05) is 24.4 Å². The normalized spacial score (nSPS) is 12.8. The summed E-state index contributed by atoms with van der Waals surface area (Å²) in [4.78, 5) is 12.0. The number of hydrogen-bond donors (Lipinski definition) is 2. The molecular formula is C13H19ClN2O4S. The summed E-state index contributed by atoms with van der Waals surface area (Å²) >= 11 is 5.98. The molecule has 21 heavy (non-hydrogen) atoms. The Labute approximate surface area is 129 Å². The standard InChI is InChI=1S/C13H19ClN2O4S/c1-8-6-11(12(20-2)7-9(8)14)16-13(17)10(15)4-5-21(3,18)19/h6-7,10H,4-5,15H2,1-3H3,(H,16,17). The monoisotopic (exact) mass is 334 g/mol. The maximum atomic E-state index is 12.0. The average molecular weight is 335 g/mol. The van der Waals surface area contributed by atoms with Crippen molar-refractivity contribution >= 4 is 33.0 Å². The molecule has 0 saturated heterocycles. The van der Waals surface area contributed by atoms with Crippen molar-refractivity contribution < 1.29 is 17.9 Å². The lowest BCUT2D eigenvalue weighted by atomic mass is 10.1. The molecule has 0 heterocycles. The number of carbonyl (C=O) groups excluding carboxylic acids is 1. The number of anilines is 1. The fourth-order valence-electron chi connectivity index (χ4n) is 1.63. The van der Waals surface area contributed by atoms with Gasteiger partial charge in [0.1, 0.15) is 15.6 Å². The second-order valence-electron chi connectivity index (χ2n) is 4.82. The summed E-state index contributed by atoms with van der Waals surface area (Å²) in [7, 11) is -1.69. The van der Waals surface area contributed by atoms with E-state index in [0.717, 1.165) is 11.8 Å². The van der Waals surface area contributed by atoms with E-state index in [-0.39, 0.29) is 12.2 Å². The molecule has 0 aliphatic carbocycles. The Morgan fingerprint density at radius 2 is 2.10 bits per heavy atom. The summed E-state index contributed by atoms with van der Waals surface area (Å²) in [5, 5.41) is 3.14. The molecule has 0 spiro atoms. The van der Waals surface area contributed by atoms with Gasteiger partial charge in [-0.2, -0.15) is 0 Å². The van der Waals surface area contributed by atoms with Crippen LogP contribution in [0, 0.1) is 6.92 Å². The van der Waals surface area contributed by atoms with E-state index in [1.54, 1.807) is 19.1 Å². The highest BCUT2D eigenvalue weighted by Gasteiger charge is 2.18. The van der Waals surface area contributed by atoms with Gasteiger partial charge in [-0.25, -0.2) is 8.42 Å². The Morgan fingerprint density at radius 3 is 2.62 bits per heavy atom. The van der Waals surface area contributed by atoms with Gasteiger partial charge in [0.25, 0.3) is 0 Å². The number of hydrogen-bond acceptors (Lipinski definition) is 5. The number of methoxy groups -OCH3 is 1. The molecule has 1 unspecified atom stereocenters. The van der Waals surface area contributed by atoms with Crippen molar-refractivity contribution in [2.45, 2.75) is 19.4 Å². The quantitative estimate of drug-likeness (QED) is 0.818. The maximum absolute atomic E-state index is 12.0. The molecule has 0 bridgehead atoms. The van der Waals surface area contributed by atoms with Crippen molar-refractivity contribution in [3.8, 4) is 5.75 Å². The predicted octanol–water partition coefficient (Wildman–Crippen LogP) is 1.36. The van der Waals surface area contributed by atoms with Crippen LogP contribution < -0.4 is 15.8 Å². The highest BCUT2D eigenvalue weighted by Crippen LogP contribution is 2.30. The van der Waals surface area contributed by atoms with Gasteiger partial charge in [-0.3, -0.25) is 4.79 Å². The summed E-state index contributed by atoms with van der Waals surface area (Å²) in [5.74, 6) is -0.203. The summed E-state index contributed by atoms with van der Waals surface area (Å²) in [5.41, 5.74) is 6.91. The number of amides is 1. The SMILES string of the molecule is COc1cc(Cl)c(C)cc1NC(=O)C(N)CCS(C)(=O)=O. The minimum Gasteiger partial charge on any atom is -0.495 e. The number of halogens is 1. The van der Waals surface area contributed by atoms with Crippen LogP contribution in [0.4, 0.5) is 5.69 Å². The number of nitrogens with one attached hydrogen (secondary N) is 1. The molecule has 0 aliphatic rings. The van der Waals surface area contributed by atoms with E-state index in [0.29, 0.717) is 16.5 Å². The molecule has 6 nitrogen and oxygen atoms in total. The Morgan fingerprint density at radius 1 is 1.48 bits per heavy atom. The summed E-state index contributed by atoms with van der Waals surface area (Å²) in [6.45, 7) is 1.79. The molecule has 3 N–H and O–H groups in total. The molecule has 0 fully saturated rings. The third-order valence-corrected chi connectivity index (χ3v) is 4.26. The Kier molecular flexibility index (Phi) is 6.00. The first-order valence-corrected chi connectivity index (χ1v) is 8.66. The van der Waals surface area contributed by atoms with Crippen molar-refractivity contribution in [1.29, 1.82) is 0 Å². The summed E-state index contributed by atoms with van der Waals surface area (Å²) in [6, 6.07) is 2.34. The van der Waals surface area contributed by atoms with E-state index in [4.69, 9.17) is 22.1 Å². The molecule has 1 aromatic carbocycles. The van der Waals surface area contributed by atoms with Gasteiger partial charge in [-0.1, -0.05) is 11.6 Å². The molecule has 0 aliphatic heterocycles. The molecule has 0 aromatic heterocycles. The molecule has 0 saturated carbocycles. The van der Waals surface area contributed by atoms with Crippen LogP contribution in [0.15, 0.2) is 12.1 Å². The fourth-order valence-corrected chi connectivity index (χ4v) is 2.46. The fraction of sp³-hybridized carbons (Fsp3) is 0.462. The number of aryl methyl sites for hydroxylation is 1. The van der Waals surface area contributed by atoms with Gasteiger partial charge in [-0.15, -0.1) is 0 Å². The Bertz CT molecular complexity index is 631. The first kappa shape index (κ1) is 17.7. The molecule has 1 atom stereocenters. The number of carbonyl (C=O) groups is 1. The summed E-state index contributed by atoms with van der Waals surface area (Å²) in [6.07, 6.45) is 1.16. The van der Waals surface area contributed by atoms with Gasteiger partial charge in [0.2, 0.25) is 5.91 Å². The van der Waals surface area contributed by atoms with Gasteiger partial charge in [0, 0.05) is 17.3 Å². The van der Waals surface area contributed by atoms with E-state index in [1.807, 2.05) is 0 Å². The lowest BCUT2D eigenvalue weighted by Gasteiger charge is -2.15. The zero-order chi connectivity index (χ0) is 16.2.